The SMILES string of the molecule is CCCCN(CCCCO)c1ccc(/C=C/c2ccc(/C=C/C3=C(C#N)C(=C(/C)C#N)/OC3(C)C)s2)c(OCc2ccccc2)c1. The van der Waals surface area contributed by atoms with Crippen LogP contribution in [0.15, 0.2) is 89.2 Å². The van der Waals surface area contributed by atoms with Gasteiger partial charge in [0.05, 0.1) is 11.6 Å². The molecule has 238 valence electrons. The molecule has 2 aromatic carbocycles. The van der Waals surface area contributed by atoms with Gasteiger partial charge in [0.25, 0.3) is 0 Å². The lowest BCUT2D eigenvalue weighted by Gasteiger charge is -2.26. The maximum atomic E-state index is 9.83. The highest BCUT2D eigenvalue weighted by molar-refractivity contribution is 7.13. The smallest absolute Gasteiger partial charge is 0.152 e. The van der Waals surface area contributed by atoms with Gasteiger partial charge in [-0.3, -0.25) is 0 Å². The summed E-state index contributed by atoms with van der Waals surface area (Å²) in [6.45, 7) is 10.2. The zero-order valence-corrected chi connectivity index (χ0v) is 28.1. The summed E-state index contributed by atoms with van der Waals surface area (Å²) in [5.74, 6) is 1.19. The lowest BCUT2D eigenvalue weighted by molar-refractivity contribution is 0.0949. The first-order chi connectivity index (χ1) is 22.3. The third kappa shape index (κ3) is 9.01. The normalized spacial score (nSPS) is 15.2. The van der Waals surface area contributed by atoms with Crippen LogP contribution in [0.3, 0.4) is 0 Å². The van der Waals surface area contributed by atoms with Gasteiger partial charge in [-0.2, -0.15) is 10.5 Å². The highest BCUT2D eigenvalue weighted by Gasteiger charge is 2.37. The first-order valence-electron chi connectivity index (χ1n) is 15.9. The molecule has 1 N–H and O–H groups in total. The first kappa shape index (κ1) is 34.3. The molecule has 6 nitrogen and oxygen atoms in total. The van der Waals surface area contributed by atoms with E-state index in [0.29, 0.717) is 23.5 Å². The van der Waals surface area contributed by atoms with Crippen molar-refractivity contribution in [3.05, 3.63) is 110 Å². The Labute approximate surface area is 277 Å². The van der Waals surface area contributed by atoms with Gasteiger partial charge in [-0.1, -0.05) is 49.8 Å². The second kappa shape index (κ2) is 16.7. The number of aliphatic hydroxyl groups excluding tert-OH is 1. The van der Waals surface area contributed by atoms with Crippen LogP contribution in [0.5, 0.6) is 5.75 Å². The molecule has 0 atom stereocenters. The predicted molar refractivity (Wildman–Crippen MR) is 189 cm³/mol. The number of nitriles is 2. The maximum Gasteiger partial charge on any atom is 0.152 e. The van der Waals surface area contributed by atoms with Crippen LogP contribution in [-0.2, 0) is 11.3 Å². The summed E-state index contributed by atoms with van der Waals surface area (Å²) in [5, 5.41) is 28.5. The number of ether oxygens (including phenoxy) is 2. The molecule has 1 aliphatic rings. The molecule has 0 unspecified atom stereocenters. The van der Waals surface area contributed by atoms with Crippen LogP contribution in [-0.4, -0.2) is 30.4 Å². The van der Waals surface area contributed by atoms with E-state index >= 15 is 0 Å². The molecule has 0 bridgehead atoms. The van der Waals surface area contributed by atoms with Gasteiger partial charge in [0.1, 0.15) is 29.6 Å². The molecule has 0 saturated carbocycles. The summed E-state index contributed by atoms with van der Waals surface area (Å²) < 4.78 is 12.4. The third-order valence-electron chi connectivity index (χ3n) is 7.83. The molecule has 1 aromatic heterocycles. The molecule has 0 amide bonds. The molecule has 7 heteroatoms. The van der Waals surface area contributed by atoms with E-state index < -0.39 is 5.60 Å². The number of benzene rings is 2. The van der Waals surface area contributed by atoms with E-state index in [4.69, 9.17) is 9.47 Å². The van der Waals surface area contributed by atoms with E-state index in [-0.39, 0.29) is 6.61 Å². The van der Waals surface area contributed by atoms with Gasteiger partial charge < -0.3 is 19.5 Å². The highest BCUT2D eigenvalue weighted by atomic mass is 32.1. The molecular weight excluding hydrogens is 591 g/mol. The summed E-state index contributed by atoms with van der Waals surface area (Å²) in [5.41, 5.74) is 4.09. The van der Waals surface area contributed by atoms with Crippen molar-refractivity contribution < 1.29 is 14.6 Å². The van der Waals surface area contributed by atoms with Crippen molar-refractivity contribution in [1.82, 2.24) is 0 Å². The Morgan fingerprint density at radius 3 is 2.35 bits per heavy atom. The number of thiophene rings is 1. The van der Waals surface area contributed by atoms with Gasteiger partial charge in [-0.05, 0) is 88.1 Å². The maximum absolute atomic E-state index is 9.83. The van der Waals surface area contributed by atoms with Crippen LogP contribution in [0.4, 0.5) is 5.69 Å². The fraction of sp³-hybridized carbons (Fsp3) is 0.333. The zero-order chi connectivity index (χ0) is 32.9. The van der Waals surface area contributed by atoms with Crippen LogP contribution in [0.1, 0.15) is 74.3 Å². The van der Waals surface area contributed by atoms with Gasteiger partial charge in [-0.25, -0.2) is 0 Å². The molecule has 2 heterocycles. The number of nitrogens with zero attached hydrogens (tertiary/aromatic N) is 3. The van der Waals surface area contributed by atoms with Crippen molar-refractivity contribution >= 4 is 35.3 Å². The summed E-state index contributed by atoms with van der Waals surface area (Å²) in [6, 6.07) is 25.1. The summed E-state index contributed by atoms with van der Waals surface area (Å²) in [4.78, 5) is 4.52. The van der Waals surface area contributed by atoms with Crippen molar-refractivity contribution in [2.45, 2.75) is 65.6 Å². The van der Waals surface area contributed by atoms with Crippen molar-refractivity contribution in [3.63, 3.8) is 0 Å². The Hall–Kier alpha value is -4.56. The van der Waals surface area contributed by atoms with Gasteiger partial charge >= 0.3 is 0 Å². The quantitative estimate of drug-likeness (QED) is 0.133. The Kier molecular flexibility index (Phi) is 12.4. The molecule has 0 aliphatic carbocycles. The number of unbranched alkanes of at least 4 members (excludes halogenated alkanes) is 2. The van der Waals surface area contributed by atoms with Gasteiger partial charge in [0, 0.05) is 52.3 Å². The average molecular weight is 634 g/mol. The molecule has 0 saturated heterocycles. The number of allylic oxidation sites excluding steroid dienone is 2. The van der Waals surface area contributed by atoms with E-state index in [1.54, 1.807) is 18.3 Å². The van der Waals surface area contributed by atoms with Crippen LogP contribution in [0.25, 0.3) is 18.2 Å². The zero-order valence-electron chi connectivity index (χ0n) is 27.3. The van der Waals surface area contributed by atoms with E-state index in [9.17, 15) is 15.6 Å². The molecular formula is C39H43N3O3S. The number of hydrogen-bond acceptors (Lipinski definition) is 7. The molecule has 0 spiro atoms. The van der Waals surface area contributed by atoms with Crippen molar-refractivity contribution in [1.29, 1.82) is 10.5 Å². The van der Waals surface area contributed by atoms with Crippen LogP contribution < -0.4 is 9.64 Å². The third-order valence-corrected chi connectivity index (χ3v) is 8.84. The molecule has 3 aromatic rings. The van der Waals surface area contributed by atoms with Crippen LogP contribution in [0, 0.1) is 22.7 Å². The van der Waals surface area contributed by atoms with Crippen molar-refractivity contribution in [2.75, 3.05) is 24.6 Å². The Morgan fingerprint density at radius 2 is 1.67 bits per heavy atom. The molecule has 46 heavy (non-hydrogen) atoms. The minimum atomic E-state index is -0.706. The van der Waals surface area contributed by atoms with Crippen molar-refractivity contribution in [2.24, 2.45) is 0 Å². The second-order valence-corrected chi connectivity index (χ2v) is 12.9. The summed E-state index contributed by atoms with van der Waals surface area (Å²) in [7, 11) is 0. The predicted octanol–water partition coefficient (Wildman–Crippen LogP) is 9.32. The number of rotatable bonds is 15. The minimum absolute atomic E-state index is 0.211. The molecule has 0 radical (unpaired) electrons. The lowest BCUT2D eigenvalue weighted by Crippen LogP contribution is -2.25. The monoisotopic (exact) mass is 633 g/mol. The standard InChI is InChI=1S/C39H43N3O3S/c1-5-6-22-42(23-10-11-24-43)32-16-14-31(37(25-32)44-28-30-12-8-7-9-13-30)15-17-33-18-19-34(46-33)20-21-36-35(27-41)38(29(2)26-40)45-39(36,3)4/h7-9,12-21,25,43H,5-6,10-11,22-24,28H2,1-4H3/b17-15+,21-20+,38-29+. The van der Waals surface area contributed by atoms with E-state index in [1.165, 1.54) is 0 Å². The van der Waals surface area contributed by atoms with Crippen molar-refractivity contribution in [3.8, 4) is 17.9 Å². The summed E-state index contributed by atoms with van der Waals surface area (Å²) >= 11 is 1.65. The largest absolute Gasteiger partial charge is 0.488 e. The van der Waals surface area contributed by atoms with Crippen LogP contribution >= 0.6 is 11.3 Å². The Balaban J connectivity index is 1.58. The van der Waals surface area contributed by atoms with Crippen LogP contribution in [0.2, 0.25) is 0 Å². The lowest BCUT2D eigenvalue weighted by atomic mass is 9.94. The second-order valence-electron chi connectivity index (χ2n) is 11.8. The van der Waals surface area contributed by atoms with E-state index in [1.807, 2.05) is 44.2 Å². The number of aliphatic hydroxyl groups is 1. The topological polar surface area (TPSA) is 89.5 Å². The Bertz CT molecular complexity index is 1680. The Morgan fingerprint density at radius 1 is 0.957 bits per heavy atom. The van der Waals surface area contributed by atoms with Gasteiger partial charge in [-0.15, -0.1) is 11.3 Å². The summed E-state index contributed by atoms with van der Waals surface area (Å²) in [6.07, 6.45) is 12.1. The molecule has 4 rings (SSSR count). The molecule has 0 fully saturated rings. The first-order valence-corrected chi connectivity index (χ1v) is 16.7. The van der Waals surface area contributed by atoms with Gasteiger partial charge in [0.15, 0.2) is 5.76 Å². The average Bonchev–Trinajstić information content (AvgIpc) is 3.63. The number of anilines is 1. The van der Waals surface area contributed by atoms with E-state index in [0.717, 1.165) is 76.7 Å². The fourth-order valence-electron chi connectivity index (χ4n) is 5.23. The highest BCUT2D eigenvalue weighted by Crippen LogP contribution is 2.40. The fourth-order valence-corrected chi connectivity index (χ4v) is 6.05. The van der Waals surface area contributed by atoms with Gasteiger partial charge in [0.2, 0.25) is 0 Å². The molecule has 1 aliphatic heterocycles. The van der Waals surface area contributed by atoms with E-state index in [2.05, 4.69) is 78.6 Å². The minimum Gasteiger partial charge on any atom is -0.488 e. The number of hydrogen-bond donors (Lipinski definition) is 1.